The van der Waals surface area contributed by atoms with Gasteiger partial charge in [-0.05, 0) is 49.7 Å². The van der Waals surface area contributed by atoms with Gasteiger partial charge >= 0.3 is 6.03 Å². The van der Waals surface area contributed by atoms with Crippen LogP contribution in [0.5, 0.6) is 17.2 Å². The van der Waals surface area contributed by atoms with Crippen LogP contribution in [0.25, 0.3) is 0 Å². The average molecular weight is 594 g/mol. The van der Waals surface area contributed by atoms with Gasteiger partial charge in [-0.2, -0.15) is 0 Å². The minimum absolute atomic E-state index is 0.00941. The van der Waals surface area contributed by atoms with Gasteiger partial charge in [0.05, 0.1) is 18.8 Å². The van der Waals surface area contributed by atoms with E-state index < -0.39 is 0 Å². The van der Waals surface area contributed by atoms with Gasteiger partial charge in [0.2, 0.25) is 0 Å². The Kier molecular flexibility index (Phi) is 8.93. The summed E-state index contributed by atoms with van der Waals surface area (Å²) >= 11 is 1.37. The van der Waals surface area contributed by atoms with Crippen molar-refractivity contribution in [2.24, 2.45) is 0 Å². The lowest BCUT2D eigenvalue weighted by Gasteiger charge is -2.30. The van der Waals surface area contributed by atoms with Crippen LogP contribution < -0.4 is 14.8 Å². The highest BCUT2D eigenvalue weighted by Crippen LogP contribution is 2.31. The van der Waals surface area contributed by atoms with E-state index in [2.05, 4.69) is 10.3 Å². The molecule has 2 aromatic carbocycles. The highest BCUT2D eigenvalue weighted by molar-refractivity contribution is 7.15. The number of ether oxygens (including phenoxy) is 3. The number of carbonyl (C=O) groups excluding carboxylic acids is 3. The first-order valence-electron chi connectivity index (χ1n) is 13.8. The van der Waals surface area contributed by atoms with Crippen molar-refractivity contribution in [3.8, 4) is 17.2 Å². The van der Waals surface area contributed by atoms with Crippen LogP contribution in [0, 0.1) is 0 Å². The zero-order valence-corrected chi connectivity index (χ0v) is 25.0. The van der Waals surface area contributed by atoms with Crippen LogP contribution in [0.1, 0.15) is 44.6 Å². The van der Waals surface area contributed by atoms with Gasteiger partial charge in [0.1, 0.15) is 23.4 Å². The summed E-state index contributed by atoms with van der Waals surface area (Å²) in [6.45, 7) is 4.85. The van der Waals surface area contributed by atoms with Crippen LogP contribution in [0.15, 0.2) is 42.5 Å². The predicted molar refractivity (Wildman–Crippen MR) is 159 cm³/mol. The summed E-state index contributed by atoms with van der Waals surface area (Å²) < 4.78 is 17.3. The number of thiazole rings is 1. The molecule has 0 radical (unpaired) electrons. The molecule has 0 spiro atoms. The summed E-state index contributed by atoms with van der Waals surface area (Å²) in [4.78, 5) is 49.0. The molecular weight excluding hydrogens is 558 g/mol. The maximum atomic E-state index is 13.4. The van der Waals surface area contributed by atoms with Crippen molar-refractivity contribution in [2.75, 3.05) is 52.8 Å². The van der Waals surface area contributed by atoms with Crippen molar-refractivity contribution >= 4 is 34.3 Å². The molecule has 1 aromatic heterocycles. The Morgan fingerprint density at radius 3 is 2.40 bits per heavy atom. The number of carbonyl (C=O) groups is 3. The number of amides is 4. The lowest BCUT2D eigenvalue weighted by molar-refractivity contribution is 0.0651. The molecule has 2 aliphatic rings. The smallest absolute Gasteiger partial charge is 0.319 e. The van der Waals surface area contributed by atoms with E-state index in [4.69, 9.17) is 14.2 Å². The predicted octanol–water partition coefficient (Wildman–Crippen LogP) is 4.49. The average Bonchev–Trinajstić information content (AvgIpc) is 3.33. The van der Waals surface area contributed by atoms with E-state index in [9.17, 15) is 14.4 Å². The molecule has 1 N–H and O–H groups in total. The number of benzene rings is 2. The summed E-state index contributed by atoms with van der Waals surface area (Å²) in [6, 6.07) is 11.9. The molecule has 1 saturated heterocycles. The van der Waals surface area contributed by atoms with Crippen molar-refractivity contribution in [1.82, 2.24) is 19.7 Å². The first-order valence-corrected chi connectivity index (χ1v) is 14.7. The number of urea groups is 1. The zero-order valence-electron chi connectivity index (χ0n) is 24.2. The molecule has 0 aliphatic carbocycles. The van der Waals surface area contributed by atoms with E-state index in [-0.39, 0.29) is 23.9 Å². The number of aromatic nitrogens is 1. The lowest BCUT2D eigenvalue weighted by Crippen LogP contribution is -2.41. The third-order valence-corrected chi connectivity index (χ3v) is 7.96. The number of methoxy groups -OCH3 is 1. The highest BCUT2D eigenvalue weighted by Gasteiger charge is 2.26. The number of likely N-dealkylation sites (tertiary alicyclic amines) is 1. The molecule has 0 saturated carbocycles. The molecule has 2 aliphatic heterocycles. The molecule has 0 bridgehead atoms. The molecule has 11 nitrogen and oxygen atoms in total. The number of nitrogens with one attached hydrogen (secondary N) is 1. The summed E-state index contributed by atoms with van der Waals surface area (Å²) in [7, 11) is 5.05. The molecule has 1 atom stereocenters. The van der Waals surface area contributed by atoms with Gasteiger partial charge in [-0.15, -0.1) is 0 Å². The minimum Gasteiger partial charge on any atom is -0.488 e. The van der Waals surface area contributed by atoms with Crippen LogP contribution in [0.4, 0.5) is 9.93 Å². The SMILES string of the molecule is COC[C@H](C)Oc1cc(Oc2ccc(C(=O)N3CCC3)cc2)cc(C(=O)Nc2nc3c(s2)CN(C(=O)N(C)C)CC3)c1. The Morgan fingerprint density at radius 1 is 1.00 bits per heavy atom. The quantitative estimate of drug-likeness (QED) is 0.389. The summed E-state index contributed by atoms with van der Waals surface area (Å²) in [6.07, 6.45) is 1.40. The van der Waals surface area contributed by atoms with Gasteiger partial charge in [0, 0.05) is 69.3 Å². The van der Waals surface area contributed by atoms with Gasteiger partial charge in [-0.1, -0.05) is 11.3 Å². The standard InChI is InChI=1S/C30H35N5O6S/c1-19(18-39-4)40-23-14-21(15-24(16-23)41-22-8-6-20(7-9-22)28(37)34-11-5-12-34)27(36)32-29-31-25-10-13-35(17-26(25)42-29)30(38)33(2)3/h6-9,14-16,19H,5,10-13,17-18H2,1-4H3,(H,31,32,36)/t19-/m0/s1. The Bertz CT molecular complexity index is 1450. The maximum absolute atomic E-state index is 13.4. The van der Waals surface area contributed by atoms with Crippen LogP contribution in [-0.4, -0.2) is 91.1 Å². The fraction of sp³-hybridized carbons (Fsp3) is 0.400. The fourth-order valence-corrected chi connectivity index (χ4v) is 5.72. The Morgan fingerprint density at radius 2 is 1.74 bits per heavy atom. The molecule has 4 amide bonds. The topological polar surface area (TPSA) is 114 Å². The number of hydrogen-bond acceptors (Lipinski definition) is 8. The Hall–Kier alpha value is -4.16. The van der Waals surface area contributed by atoms with Gasteiger partial charge < -0.3 is 28.9 Å². The minimum atomic E-state index is -0.368. The normalized spacial score (nSPS) is 14.9. The molecule has 3 aromatic rings. The highest BCUT2D eigenvalue weighted by atomic mass is 32.1. The van der Waals surface area contributed by atoms with Crippen molar-refractivity contribution in [1.29, 1.82) is 0 Å². The first-order chi connectivity index (χ1) is 20.2. The number of nitrogens with zero attached hydrogens (tertiary/aromatic N) is 4. The lowest BCUT2D eigenvalue weighted by atomic mass is 10.1. The summed E-state index contributed by atoms with van der Waals surface area (Å²) in [5.41, 5.74) is 1.82. The molecule has 1 fully saturated rings. The fourth-order valence-electron chi connectivity index (χ4n) is 4.70. The van der Waals surface area contributed by atoms with Crippen LogP contribution in [-0.2, 0) is 17.7 Å². The summed E-state index contributed by atoms with van der Waals surface area (Å²) in [5.74, 6) is 1.01. The van der Waals surface area contributed by atoms with Crippen LogP contribution in [0.3, 0.4) is 0 Å². The molecule has 5 rings (SSSR count). The van der Waals surface area contributed by atoms with E-state index in [1.807, 2.05) is 6.92 Å². The first kappa shape index (κ1) is 29.3. The van der Waals surface area contributed by atoms with Crippen molar-refractivity contribution in [3.63, 3.8) is 0 Å². The third-order valence-electron chi connectivity index (χ3n) is 6.97. The van der Waals surface area contributed by atoms with Crippen molar-refractivity contribution in [3.05, 3.63) is 64.2 Å². The maximum Gasteiger partial charge on any atom is 0.319 e. The van der Waals surface area contributed by atoms with E-state index >= 15 is 0 Å². The van der Waals surface area contributed by atoms with Gasteiger partial charge in [0.25, 0.3) is 11.8 Å². The van der Waals surface area contributed by atoms with E-state index in [1.165, 1.54) is 11.3 Å². The summed E-state index contributed by atoms with van der Waals surface area (Å²) in [5, 5.41) is 3.36. The van der Waals surface area contributed by atoms with Gasteiger partial charge in [-0.25, -0.2) is 9.78 Å². The molecule has 12 heteroatoms. The van der Waals surface area contributed by atoms with Crippen molar-refractivity contribution in [2.45, 2.75) is 32.4 Å². The Labute approximate surface area is 249 Å². The van der Waals surface area contributed by atoms with E-state index in [1.54, 1.807) is 78.4 Å². The molecule has 42 heavy (non-hydrogen) atoms. The van der Waals surface area contributed by atoms with Crippen LogP contribution >= 0.6 is 11.3 Å². The molecule has 3 heterocycles. The van der Waals surface area contributed by atoms with Crippen LogP contribution in [0.2, 0.25) is 0 Å². The largest absolute Gasteiger partial charge is 0.488 e. The number of anilines is 1. The number of fused-ring (bicyclic) bond motifs is 1. The number of hydrogen-bond donors (Lipinski definition) is 1. The second-order valence-electron chi connectivity index (χ2n) is 10.5. The monoisotopic (exact) mass is 593 g/mol. The van der Waals surface area contributed by atoms with Gasteiger partial charge in [0.15, 0.2) is 5.13 Å². The van der Waals surface area contributed by atoms with E-state index in [0.717, 1.165) is 30.1 Å². The molecule has 0 unspecified atom stereocenters. The Balaban J connectivity index is 1.32. The number of rotatable bonds is 9. The zero-order chi connectivity index (χ0) is 29.8. The van der Waals surface area contributed by atoms with E-state index in [0.29, 0.717) is 59.6 Å². The second-order valence-corrected chi connectivity index (χ2v) is 11.6. The molecule has 222 valence electrons. The molecular formula is C30H35N5O6S. The van der Waals surface area contributed by atoms with Crippen molar-refractivity contribution < 1.29 is 28.6 Å². The second kappa shape index (κ2) is 12.8. The van der Waals surface area contributed by atoms with Gasteiger partial charge in [-0.3, -0.25) is 14.9 Å². The third kappa shape index (κ3) is 6.82.